The van der Waals surface area contributed by atoms with Crippen molar-refractivity contribution in [2.75, 3.05) is 13.2 Å². The molecule has 3 aromatic rings. The van der Waals surface area contributed by atoms with E-state index in [1.807, 2.05) is 55.5 Å². The highest BCUT2D eigenvalue weighted by atomic mass is 16.6. The maximum Gasteiger partial charge on any atom is 0.407 e. The summed E-state index contributed by atoms with van der Waals surface area (Å²) in [5.74, 6) is -0.507. The molecule has 0 heterocycles. The lowest BCUT2D eigenvalue weighted by Crippen LogP contribution is -2.44. The maximum absolute atomic E-state index is 12.6. The zero-order valence-electron chi connectivity index (χ0n) is 18.3. The number of carbonyl (C=O) groups excluding carboxylic acids is 2. The second-order valence-corrected chi connectivity index (χ2v) is 7.96. The van der Waals surface area contributed by atoms with Crippen LogP contribution in [0.25, 0.3) is 11.1 Å². The first-order chi connectivity index (χ1) is 15.6. The number of amides is 1. The largest absolute Gasteiger partial charge is 0.464 e. The van der Waals surface area contributed by atoms with Crippen molar-refractivity contribution >= 4 is 12.1 Å². The number of hydrogen-bond donors (Lipinski definition) is 1. The molecule has 0 bridgehead atoms. The van der Waals surface area contributed by atoms with Crippen molar-refractivity contribution in [3.63, 3.8) is 0 Å². The van der Waals surface area contributed by atoms with Gasteiger partial charge in [0, 0.05) is 12.3 Å². The van der Waals surface area contributed by atoms with Crippen LogP contribution in [0.2, 0.25) is 0 Å². The number of nitrogens with one attached hydrogen (secondary N) is 1. The van der Waals surface area contributed by atoms with Crippen molar-refractivity contribution in [1.82, 2.24) is 5.32 Å². The van der Waals surface area contributed by atoms with E-state index in [0.29, 0.717) is 6.42 Å². The minimum absolute atomic E-state index is 0.0358. The number of esters is 1. The number of aryl methyl sites for hydroxylation is 1. The Kier molecular flexibility index (Phi) is 6.55. The van der Waals surface area contributed by atoms with Crippen molar-refractivity contribution < 1.29 is 19.1 Å². The predicted octanol–water partition coefficient (Wildman–Crippen LogP) is 5.01. The quantitative estimate of drug-likeness (QED) is 0.537. The van der Waals surface area contributed by atoms with Crippen molar-refractivity contribution in [3.8, 4) is 11.1 Å². The van der Waals surface area contributed by atoms with E-state index in [1.165, 1.54) is 11.1 Å². The number of carbonyl (C=O) groups is 2. The smallest absolute Gasteiger partial charge is 0.407 e. The lowest BCUT2D eigenvalue weighted by molar-refractivity contribution is -0.145. The molecule has 0 saturated carbocycles. The molecule has 1 N–H and O–H groups in total. The summed E-state index contributed by atoms with van der Waals surface area (Å²) in [4.78, 5) is 25.1. The van der Waals surface area contributed by atoms with E-state index in [2.05, 4.69) is 29.6 Å². The number of hydrogen-bond acceptors (Lipinski definition) is 4. The first-order valence-corrected chi connectivity index (χ1v) is 10.9. The van der Waals surface area contributed by atoms with Gasteiger partial charge in [-0.25, -0.2) is 9.59 Å². The van der Waals surface area contributed by atoms with Gasteiger partial charge in [0.05, 0.1) is 6.61 Å². The van der Waals surface area contributed by atoms with Crippen LogP contribution in [0.15, 0.2) is 72.8 Å². The van der Waals surface area contributed by atoms with E-state index in [9.17, 15) is 9.59 Å². The van der Waals surface area contributed by atoms with Gasteiger partial charge in [0.25, 0.3) is 0 Å². The van der Waals surface area contributed by atoms with Crippen LogP contribution in [0.5, 0.6) is 0 Å². The molecule has 1 amide bonds. The van der Waals surface area contributed by atoms with E-state index in [1.54, 1.807) is 6.92 Å². The third kappa shape index (κ3) is 4.67. The van der Waals surface area contributed by atoms with Crippen molar-refractivity contribution in [1.29, 1.82) is 0 Å². The molecule has 32 heavy (non-hydrogen) atoms. The first kappa shape index (κ1) is 21.6. The molecular formula is C27H27NO4. The topological polar surface area (TPSA) is 64.6 Å². The van der Waals surface area contributed by atoms with Gasteiger partial charge in [-0.15, -0.1) is 0 Å². The van der Waals surface area contributed by atoms with E-state index < -0.39 is 18.1 Å². The molecule has 5 heteroatoms. The van der Waals surface area contributed by atoms with Crippen LogP contribution in [0.4, 0.5) is 4.79 Å². The monoisotopic (exact) mass is 429 g/mol. The Balaban J connectivity index is 1.44. The van der Waals surface area contributed by atoms with Crippen LogP contribution in [-0.2, 0) is 20.7 Å². The van der Waals surface area contributed by atoms with Crippen molar-refractivity contribution in [2.45, 2.75) is 32.2 Å². The van der Waals surface area contributed by atoms with Gasteiger partial charge in [-0.3, -0.25) is 0 Å². The molecule has 0 radical (unpaired) electrons. The molecular weight excluding hydrogens is 402 g/mol. The molecule has 1 aliphatic carbocycles. The SMILES string of the molecule is CCOC(=O)[C@H](Cc1ccc(C)cc1)NC(=O)OCC1c2ccccc2-c2ccccc21. The van der Waals surface area contributed by atoms with Crippen LogP contribution in [0.1, 0.15) is 35.1 Å². The molecule has 0 aromatic heterocycles. The molecule has 1 atom stereocenters. The standard InChI is InChI=1S/C27H27NO4/c1-3-31-26(29)25(16-19-14-12-18(2)13-15-19)28-27(30)32-17-24-22-10-6-4-8-20(22)21-9-5-7-11-23(21)24/h4-15,24-25H,3,16-17H2,1-2H3,(H,28,30)/t25-/m0/s1. The average molecular weight is 430 g/mol. The van der Waals surface area contributed by atoms with Crippen LogP contribution in [0, 0.1) is 6.92 Å². The Hall–Kier alpha value is -3.60. The van der Waals surface area contributed by atoms with Gasteiger partial charge in [-0.1, -0.05) is 78.4 Å². The molecule has 5 nitrogen and oxygen atoms in total. The number of alkyl carbamates (subject to hydrolysis) is 1. The van der Waals surface area contributed by atoms with E-state index in [-0.39, 0.29) is 19.1 Å². The van der Waals surface area contributed by atoms with Gasteiger partial charge in [0.2, 0.25) is 0 Å². The number of benzene rings is 3. The minimum Gasteiger partial charge on any atom is -0.464 e. The summed E-state index contributed by atoms with van der Waals surface area (Å²) in [6.45, 7) is 4.19. The van der Waals surface area contributed by atoms with Crippen LogP contribution >= 0.6 is 0 Å². The molecule has 3 aromatic carbocycles. The molecule has 0 unspecified atom stereocenters. The van der Waals surface area contributed by atoms with Crippen LogP contribution in [0.3, 0.4) is 0 Å². The van der Waals surface area contributed by atoms with Crippen LogP contribution < -0.4 is 5.32 Å². The van der Waals surface area contributed by atoms with Gasteiger partial charge >= 0.3 is 12.1 Å². The van der Waals surface area contributed by atoms with Gasteiger partial charge in [0.15, 0.2) is 0 Å². The first-order valence-electron chi connectivity index (χ1n) is 10.9. The zero-order valence-corrected chi connectivity index (χ0v) is 18.3. The number of rotatable bonds is 7. The highest BCUT2D eigenvalue weighted by Crippen LogP contribution is 2.44. The van der Waals surface area contributed by atoms with Crippen molar-refractivity contribution in [3.05, 3.63) is 95.1 Å². The summed E-state index contributed by atoms with van der Waals surface area (Å²) in [5.41, 5.74) is 6.69. The number of ether oxygens (including phenoxy) is 2. The Morgan fingerprint density at radius 1 is 0.875 bits per heavy atom. The molecule has 1 aliphatic rings. The van der Waals surface area contributed by atoms with Crippen LogP contribution in [-0.4, -0.2) is 31.3 Å². The summed E-state index contributed by atoms with van der Waals surface area (Å²) >= 11 is 0. The van der Waals surface area contributed by atoms with E-state index >= 15 is 0 Å². The Morgan fingerprint density at radius 3 is 2.06 bits per heavy atom. The third-order valence-corrected chi connectivity index (χ3v) is 5.77. The third-order valence-electron chi connectivity index (χ3n) is 5.77. The summed E-state index contributed by atoms with van der Waals surface area (Å²) in [7, 11) is 0. The minimum atomic E-state index is -0.812. The highest BCUT2D eigenvalue weighted by molar-refractivity contribution is 5.82. The van der Waals surface area contributed by atoms with Gasteiger partial charge in [-0.05, 0) is 41.7 Å². The second kappa shape index (κ2) is 9.69. The Bertz CT molecular complexity index is 1060. The highest BCUT2D eigenvalue weighted by Gasteiger charge is 2.30. The molecule has 0 fully saturated rings. The maximum atomic E-state index is 12.6. The van der Waals surface area contributed by atoms with Gasteiger partial charge < -0.3 is 14.8 Å². The normalized spacial score (nSPS) is 13.1. The van der Waals surface area contributed by atoms with Crippen molar-refractivity contribution in [2.24, 2.45) is 0 Å². The Morgan fingerprint density at radius 2 is 1.47 bits per heavy atom. The fraction of sp³-hybridized carbons (Fsp3) is 0.259. The molecule has 0 aliphatic heterocycles. The summed E-state index contributed by atoms with van der Waals surface area (Å²) in [6, 6.07) is 23.4. The fourth-order valence-electron chi connectivity index (χ4n) is 4.18. The zero-order chi connectivity index (χ0) is 22.5. The van der Waals surface area contributed by atoms with Gasteiger partial charge in [0.1, 0.15) is 12.6 Å². The molecule has 164 valence electrons. The summed E-state index contributed by atoms with van der Waals surface area (Å²) in [5, 5.41) is 2.70. The molecule has 0 saturated heterocycles. The lowest BCUT2D eigenvalue weighted by Gasteiger charge is -2.19. The van der Waals surface area contributed by atoms with E-state index in [0.717, 1.165) is 22.3 Å². The summed E-state index contributed by atoms with van der Waals surface area (Å²) < 4.78 is 10.8. The number of fused-ring (bicyclic) bond motifs is 3. The van der Waals surface area contributed by atoms with Gasteiger partial charge in [-0.2, -0.15) is 0 Å². The Labute approximate surface area is 188 Å². The average Bonchev–Trinajstić information content (AvgIpc) is 3.12. The predicted molar refractivity (Wildman–Crippen MR) is 124 cm³/mol. The lowest BCUT2D eigenvalue weighted by atomic mass is 9.98. The fourth-order valence-corrected chi connectivity index (χ4v) is 4.18. The van der Waals surface area contributed by atoms with E-state index in [4.69, 9.17) is 9.47 Å². The molecule has 4 rings (SSSR count). The second-order valence-electron chi connectivity index (χ2n) is 7.96. The summed E-state index contributed by atoms with van der Waals surface area (Å²) in [6.07, 6.45) is -0.291. The molecule has 0 spiro atoms.